The molecule has 0 saturated carbocycles. The molecule has 1 aliphatic rings. The minimum absolute atomic E-state index is 0.00473. The SMILES string of the molecule is COCCNc1nc(N)c(C(=O)NCC2CCC(=O)N2)s1. The number of ether oxygens (including phenoxy) is 1. The van der Waals surface area contributed by atoms with Crippen molar-refractivity contribution in [1.29, 1.82) is 0 Å². The topological polar surface area (TPSA) is 118 Å². The maximum Gasteiger partial charge on any atom is 0.265 e. The van der Waals surface area contributed by atoms with Crippen LogP contribution < -0.4 is 21.7 Å². The van der Waals surface area contributed by atoms with E-state index in [9.17, 15) is 9.59 Å². The minimum Gasteiger partial charge on any atom is -0.383 e. The first kappa shape index (κ1) is 15.5. The Labute approximate surface area is 126 Å². The molecular weight excluding hydrogens is 294 g/mol. The molecule has 1 atom stereocenters. The number of nitrogens with zero attached hydrogens (tertiary/aromatic N) is 1. The van der Waals surface area contributed by atoms with Crippen LogP contribution in [-0.4, -0.2) is 49.6 Å². The highest BCUT2D eigenvalue weighted by molar-refractivity contribution is 7.18. The largest absolute Gasteiger partial charge is 0.383 e. The lowest BCUT2D eigenvalue weighted by Crippen LogP contribution is -2.38. The molecule has 21 heavy (non-hydrogen) atoms. The number of nitrogens with one attached hydrogen (secondary N) is 3. The molecule has 9 heteroatoms. The Kier molecular flexibility index (Phi) is 5.34. The molecule has 2 heterocycles. The molecule has 2 amide bonds. The lowest BCUT2D eigenvalue weighted by Gasteiger charge is -2.10. The summed E-state index contributed by atoms with van der Waals surface area (Å²) in [6.45, 7) is 1.54. The highest BCUT2D eigenvalue weighted by atomic mass is 32.1. The van der Waals surface area contributed by atoms with Gasteiger partial charge in [0.05, 0.1) is 6.61 Å². The molecule has 5 N–H and O–H groups in total. The van der Waals surface area contributed by atoms with Crippen molar-refractivity contribution >= 4 is 34.1 Å². The summed E-state index contributed by atoms with van der Waals surface area (Å²) in [7, 11) is 1.61. The average Bonchev–Trinajstić information content (AvgIpc) is 3.03. The average molecular weight is 313 g/mol. The van der Waals surface area contributed by atoms with Crippen molar-refractivity contribution in [2.75, 3.05) is 37.9 Å². The van der Waals surface area contributed by atoms with Crippen LogP contribution in [0.15, 0.2) is 0 Å². The van der Waals surface area contributed by atoms with Crippen LogP contribution in [-0.2, 0) is 9.53 Å². The molecule has 1 fully saturated rings. The van der Waals surface area contributed by atoms with Gasteiger partial charge in [0.1, 0.15) is 10.7 Å². The second-order valence-electron chi connectivity index (χ2n) is 4.67. The van der Waals surface area contributed by atoms with Crippen molar-refractivity contribution in [3.8, 4) is 0 Å². The molecule has 1 aromatic heterocycles. The summed E-state index contributed by atoms with van der Waals surface area (Å²) < 4.78 is 4.92. The normalized spacial score (nSPS) is 17.6. The molecule has 0 spiro atoms. The number of anilines is 2. The van der Waals surface area contributed by atoms with Crippen LogP contribution >= 0.6 is 11.3 Å². The standard InChI is InChI=1S/C12H19N5O3S/c1-20-5-4-14-12-17-10(13)9(21-12)11(19)15-6-7-2-3-8(18)16-7/h7H,2-6,13H2,1H3,(H,14,17)(H,15,19)(H,16,18). The fourth-order valence-corrected chi connectivity index (χ4v) is 2.78. The molecule has 0 radical (unpaired) electrons. The molecule has 0 aliphatic carbocycles. The van der Waals surface area contributed by atoms with Crippen molar-refractivity contribution in [3.05, 3.63) is 4.88 Å². The van der Waals surface area contributed by atoms with Gasteiger partial charge in [-0.1, -0.05) is 11.3 Å². The van der Waals surface area contributed by atoms with Crippen LogP contribution in [0.4, 0.5) is 10.9 Å². The van der Waals surface area contributed by atoms with Crippen LogP contribution in [0.3, 0.4) is 0 Å². The molecule has 1 unspecified atom stereocenters. The smallest absolute Gasteiger partial charge is 0.265 e. The van der Waals surface area contributed by atoms with Crippen molar-refractivity contribution in [2.24, 2.45) is 0 Å². The third-order valence-electron chi connectivity index (χ3n) is 3.04. The van der Waals surface area contributed by atoms with Crippen molar-refractivity contribution < 1.29 is 14.3 Å². The molecular formula is C12H19N5O3S. The van der Waals surface area contributed by atoms with Crippen molar-refractivity contribution in [3.63, 3.8) is 0 Å². The fraction of sp³-hybridized carbons (Fsp3) is 0.583. The van der Waals surface area contributed by atoms with Gasteiger partial charge in [-0.3, -0.25) is 9.59 Å². The summed E-state index contributed by atoms with van der Waals surface area (Å²) >= 11 is 1.20. The Morgan fingerprint density at radius 2 is 2.43 bits per heavy atom. The zero-order chi connectivity index (χ0) is 15.2. The van der Waals surface area contributed by atoms with Crippen LogP contribution in [0.1, 0.15) is 22.5 Å². The number of methoxy groups -OCH3 is 1. The maximum atomic E-state index is 12.1. The van der Waals surface area contributed by atoms with Crippen molar-refractivity contribution in [2.45, 2.75) is 18.9 Å². The summed E-state index contributed by atoms with van der Waals surface area (Å²) in [6.07, 6.45) is 1.25. The molecule has 1 aromatic rings. The van der Waals surface area contributed by atoms with E-state index in [0.29, 0.717) is 36.1 Å². The number of nitrogen functional groups attached to an aromatic ring is 1. The third kappa shape index (κ3) is 4.30. The molecule has 0 bridgehead atoms. The lowest BCUT2D eigenvalue weighted by atomic mass is 10.2. The van der Waals surface area contributed by atoms with Gasteiger partial charge in [0, 0.05) is 32.7 Å². The van der Waals surface area contributed by atoms with Gasteiger partial charge >= 0.3 is 0 Å². The first-order valence-corrected chi connectivity index (χ1v) is 7.48. The van der Waals surface area contributed by atoms with Gasteiger partial charge in [-0.25, -0.2) is 4.98 Å². The summed E-state index contributed by atoms with van der Waals surface area (Å²) in [6, 6.07) is -0.00473. The lowest BCUT2D eigenvalue weighted by molar-refractivity contribution is -0.119. The zero-order valence-electron chi connectivity index (χ0n) is 11.8. The zero-order valence-corrected chi connectivity index (χ0v) is 12.6. The highest BCUT2D eigenvalue weighted by Crippen LogP contribution is 2.24. The van der Waals surface area contributed by atoms with Crippen LogP contribution in [0.2, 0.25) is 0 Å². The third-order valence-corrected chi connectivity index (χ3v) is 4.06. The van der Waals surface area contributed by atoms with Gasteiger partial charge in [0.2, 0.25) is 5.91 Å². The van der Waals surface area contributed by atoms with Gasteiger partial charge in [-0.05, 0) is 6.42 Å². The Morgan fingerprint density at radius 1 is 1.62 bits per heavy atom. The van der Waals surface area contributed by atoms with E-state index in [-0.39, 0.29) is 23.7 Å². The monoisotopic (exact) mass is 313 g/mol. The summed E-state index contributed by atoms with van der Waals surface area (Å²) in [5, 5.41) is 9.18. The van der Waals surface area contributed by atoms with Gasteiger partial charge in [0.25, 0.3) is 5.91 Å². The summed E-state index contributed by atoms with van der Waals surface area (Å²) in [5.41, 5.74) is 5.75. The number of amides is 2. The number of hydrogen-bond donors (Lipinski definition) is 4. The molecule has 2 rings (SSSR count). The number of aromatic nitrogens is 1. The van der Waals surface area contributed by atoms with Crippen LogP contribution in [0.25, 0.3) is 0 Å². The second kappa shape index (κ2) is 7.23. The van der Waals surface area contributed by atoms with Gasteiger partial charge in [0.15, 0.2) is 5.13 Å². The number of thiazole rings is 1. The number of rotatable bonds is 7. The van der Waals surface area contributed by atoms with E-state index in [2.05, 4.69) is 20.9 Å². The predicted molar refractivity (Wildman–Crippen MR) is 80.4 cm³/mol. The molecule has 0 aromatic carbocycles. The highest BCUT2D eigenvalue weighted by Gasteiger charge is 2.22. The predicted octanol–water partition coefficient (Wildman–Crippen LogP) is -0.208. The van der Waals surface area contributed by atoms with Crippen LogP contribution in [0, 0.1) is 0 Å². The maximum absolute atomic E-state index is 12.1. The molecule has 116 valence electrons. The Balaban J connectivity index is 1.85. The van der Waals surface area contributed by atoms with Crippen LogP contribution in [0.5, 0.6) is 0 Å². The van der Waals surface area contributed by atoms with E-state index < -0.39 is 0 Å². The van der Waals surface area contributed by atoms with E-state index in [1.54, 1.807) is 7.11 Å². The first-order chi connectivity index (χ1) is 10.1. The van der Waals surface area contributed by atoms with E-state index >= 15 is 0 Å². The quantitative estimate of drug-likeness (QED) is 0.517. The fourth-order valence-electron chi connectivity index (χ4n) is 1.96. The summed E-state index contributed by atoms with van der Waals surface area (Å²) in [5.74, 6) is -0.0463. The van der Waals surface area contributed by atoms with E-state index in [1.807, 2.05) is 0 Å². The number of nitrogens with two attached hydrogens (primary N) is 1. The number of carbonyl (C=O) groups is 2. The van der Waals surface area contributed by atoms with E-state index in [1.165, 1.54) is 11.3 Å². The van der Waals surface area contributed by atoms with Crippen molar-refractivity contribution in [1.82, 2.24) is 15.6 Å². The van der Waals surface area contributed by atoms with E-state index in [0.717, 1.165) is 6.42 Å². The molecule has 1 aliphatic heterocycles. The molecule has 1 saturated heterocycles. The Morgan fingerprint density at radius 3 is 3.10 bits per heavy atom. The number of carbonyl (C=O) groups excluding carboxylic acids is 2. The Bertz CT molecular complexity index is 519. The minimum atomic E-state index is -0.272. The Hall–Kier alpha value is -1.87. The van der Waals surface area contributed by atoms with Gasteiger partial charge in [-0.15, -0.1) is 0 Å². The van der Waals surface area contributed by atoms with Gasteiger partial charge in [-0.2, -0.15) is 0 Å². The first-order valence-electron chi connectivity index (χ1n) is 6.67. The number of hydrogen-bond acceptors (Lipinski definition) is 7. The summed E-state index contributed by atoms with van der Waals surface area (Å²) in [4.78, 5) is 27.6. The van der Waals surface area contributed by atoms with Gasteiger partial charge < -0.3 is 26.4 Å². The van der Waals surface area contributed by atoms with E-state index in [4.69, 9.17) is 10.5 Å². The second-order valence-corrected chi connectivity index (χ2v) is 5.67. The molecule has 8 nitrogen and oxygen atoms in total.